The number of ether oxygens (including phenoxy) is 1. The lowest BCUT2D eigenvalue weighted by atomic mass is 10.2. The van der Waals surface area contributed by atoms with Crippen molar-refractivity contribution >= 4 is 5.97 Å². The van der Waals surface area contributed by atoms with Gasteiger partial charge in [-0.1, -0.05) is 0 Å². The Balaban J connectivity index is 2.07. The number of rotatable bonds is 6. The monoisotopic (exact) mass is 211 g/mol. The van der Waals surface area contributed by atoms with Crippen LogP contribution in [0.4, 0.5) is 0 Å². The van der Waals surface area contributed by atoms with Crippen LogP contribution in [0.3, 0.4) is 0 Å². The van der Waals surface area contributed by atoms with Gasteiger partial charge >= 0.3 is 5.97 Å². The van der Waals surface area contributed by atoms with Crippen LogP contribution in [0.1, 0.15) is 24.2 Å². The fourth-order valence-corrected chi connectivity index (χ4v) is 1.25. The molecule has 0 saturated carbocycles. The lowest BCUT2D eigenvalue weighted by Gasteiger charge is -2.02. The quantitative estimate of drug-likeness (QED) is 0.574. The predicted molar refractivity (Wildman–Crippen MR) is 56.4 cm³/mol. The molecule has 15 heavy (non-hydrogen) atoms. The summed E-state index contributed by atoms with van der Waals surface area (Å²) in [6.45, 7) is 3.50. The van der Waals surface area contributed by atoms with E-state index in [1.54, 1.807) is 6.26 Å². The molecule has 1 aromatic heterocycles. The summed E-state index contributed by atoms with van der Waals surface area (Å²) in [7, 11) is 1.40. The molecule has 0 saturated heterocycles. The summed E-state index contributed by atoms with van der Waals surface area (Å²) in [5, 5.41) is 3.21. The van der Waals surface area contributed by atoms with E-state index in [9.17, 15) is 4.79 Å². The summed E-state index contributed by atoms with van der Waals surface area (Å²) in [5.74, 6) is 0.791. The fourth-order valence-electron chi connectivity index (χ4n) is 1.25. The van der Waals surface area contributed by atoms with Crippen LogP contribution in [0.15, 0.2) is 16.7 Å². The van der Waals surface area contributed by atoms with Gasteiger partial charge in [-0.25, -0.2) is 0 Å². The van der Waals surface area contributed by atoms with Crippen molar-refractivity contribution in [1.29, 1.82) is 0 Å². The predicted octanol–water partition coefficient (Wildman–Crippen LogP) is 1.63. The van der Waals surface area contributed by atoms with Gasteiger partial charge in [0.15, 0.2) is 0 Å². The van der Waals surface area contributed by atoms with Crippen molar-refractivity contribution in [3.05, 3.63) is 23.7 Å². The molecule has 0 aromatic carbocycles. The van der Waals surface area contributed by atoms with Crippen LogP contribution in [0.2, 0.25) is 0 Å². The molecule has 0 aliphatic heterocycles. The Morgan fingerprint density at radius 1 is 1.60 bits per heavy atom. The normalized spacial score (nSPS) is 10.3. The molecule has 0 amide bonds. The highest BCUT2D eigenvalue weighted by atomic mass is 16.5. The third-order valence-electron chi connectivity index (χ3n) is 2.22. The van der Waals surface area contributed by atoms with Gasteiger partial charge in [-0.15, -0.1) is 0 Å². The Bertz CT molecular complexity index is 307. The number of carbonyl (C=O) groups is 1. The Labute approximate surface area is 89.6 Å². The summed E-state index contributed by atoms with van der Waals surface area (Å²) in [4.78, 5) is 10.8. The van der Waals surface area contributed by atoms with E-state index < -0.39 is 0 Å². The molecule has 4 nitrogen and oxygen atoms in total. The van der Waals surface area contributed by atoms with Crippen molar-refractivity contribution in [3.8, 4) is 0 Å². The van der Waals surface area contributed by atoms with E-state index >= 15 is 0 Å². The second-order valence-electron chi connectivity index (χ2n) is 3.38. The SMILES string of the molecule is COC(=O)CCCNCc1occc1C. The summed E-state index contributed by atoms with van der Waals surface area (Å²) >= 11 is 0. The van der Waals surface area contributed by atoms with Gasteiger partial charge in [0, 0.05) is 6.42 Å². The number of nitrogens with one attached hydrogen (secondary N) is 1. The van der Waals surface area contributed by atoms with E-state index in [-0.39, 0.29) is 5.97 Å². The number of methoxy groups -OCH3 is 1. The topological polar surface area (TPSA) is 51.5 Å². The average Bonchev–Trinajstić information content (AvgIpc) is 2.63. The van der Waals surface area contributed by atoms with E-state index in [1.165, 1.54) is 7.11 Å². The van der Waals surface area contributed by atoms with Crippen LogP contribution in [-0.2, 0) is 16.1 Å². The Hall–Kier alpha value is -1.29. The molecule has 84 valence electrons. The Kier molecular flexibility index (Phi) is 4.90. The zero-order valence-corrected chi connectivity index (χ0v) is 9.21. The minimum atomic E-state index is -0.161. The maximum Gasteiger partial charge on any atom is 0.305 e. The van der Waals surface area contributed by atoms with Gasteiger partial charge in [0.1, 0.15) is 5.76 Å². The molecule has 0 radical (unpaired) electrons. The highest BCUT2D eigenvalue weighted by Gasteiger charge is 2.02. The van der Waals surface area contributed by atoms with Gasteiger partial charge in [0.2, 0.25) is 0 Å². The minimum Gasteiger partial charge on any atom is -0.469 e. The molecule has 1 aromatic rings. The van der Waals surface area contributed by atoms with Gasteiger partial charge in [0.05, 0.1) is 19.9 Å². The fraction of sp³-hybridized carbons (Fsp3) is 0.545. The first-order valence-corrected chi connectivity index (χ1v) is 5.04. The molecule has 0 atom stereocenters. The summed E-state index contributed by atoms with van der Waals surface area (Å²) in [5.41, 5.74) is 1.15. The van der Waals surface area contributed by atoms with Crippen LogP contribution in [0.5, 0.6) is 0 Å². The molecular weight excluding hydrogens is 194 g/mol. The molecule has 0 aliphatic carbocycles. The number of aryl methyl sites for hydroxylation is 1. The highest BCUT2D eigenvalue weighted by Crippen LogP contribution is 2.07. The van der Waals surface area contributed by atoms with Gasteiger partial charge in [-0.2, -0.15) is 0 Å². The van der Waals surface area contributed by atoms with Crippen molar-refractivity contribution in [1.82, 2.24) is 5.32 Å². The van der Waals surface area contributed by atoms with Crippen molar-refractivity contribution in [3.63, 3.8) is 0 Å². The molecule has 0 fully saturated rings. The zero-order valence-electron chi connectivity index (χ0n) is 9.21. The first-order valence-electron chi connectivity index (χ1n) is 5.04. The maximum atomic E-state index is 10.8. The van der Waals surface area contributed by atoms with Crippen LogP contribution < -0.4 is 5.32 Å². The third kappa shape index (κ3) is 4.16. The van der Waals surface area contributed by atoms with Crippen molar-refractivity contribution in [2.45, 2.75) is 26.3 Å². The maximum absolute atomic E-state index is 10.8. The van der Waals surface area contributed by atoms with Gasteiger partial charge < -0.3 is 14.5 Å². The molecule has 1 rings (SSSR count). The molecule has 0 aliphatic rings. The highest BCUT2D eigenvalue weighted by molar-refractivity contribution is 5.69. The van der Waals surface area contributed by atoms with Crippen LogP contribution in [-0.4, -0.2) is 19.6 Å². The summed E-state index contributed by atoms with van der Waals surface area (Å²) < 4.78 is 9.80. The van der Waals surface area contributed by atoms with Crippen LogP contribution >= 0.6 is 0 Å². The largest absolute Gasteiger partial charge is 0.469 e. The lowest BCUT2D eigenvalue weighted by molar-refractivity contribution is -0.140. The van der Waals surface area contributed by atoms with E-state index in [0.717, 1.165) is 24.3 Å². The number of carbonyl (C=O) groups excluding carboxylic acids is 1. The zero-order chi connectivity index (χ0) is 11.1. The molecule has 0 unspecified atom stereocenters. The Morgan fingerprint density at radius 3 is 3.00 bits per heavy atom. The van der Waals surface area contributed by atoms with Gasteiger partial charge in [0.25, 0.3) is 0 Å². The lowest BCUT2D eigenvalue weighted by Crippen LogP contribution is -2.16. The molecule has 0 bridgehead atoms. The van der Waals surface area contributed by atoms with E-state index in [0.29, 0.717) is 13.0 Å². The third-order valence-corrected chi connectivity index (χ3v) is 2.22. The molecule has 4 heteroatoms. The van der Waals surface area contributed by atoms with Crippen LogP contribution in [0.25, 0.3) is 0 Å². The van der Waals surface area contributed by atoms with Gasteiger partial charge in [-0.05, 0) is 31.5 Å². The summed E-state index contributed by atoms with van der Waals surface area (Å²) in [6.07, 6.45) is 2.92. The first kappa shape index (κ1) is 11.8. The van der Waals surface area contributed by atoms with E-state index in [4.69, 9.17) is 4.42 Å². The number of hydrogen-bond acceptors (Lipinski definition) is 4. The van der Waals surface area contributed by atoms with Crippen molar-refractivity contribution in [2.24, 2.45) is 0 Å². The molecule has 1 heterocycles. The second-order valence-corrected chi connectivity index (χ2v) is 3.38. The molecular formula is C11H17NO3. The number of esters is 1. The van der Waals surface area contributed by atoms with E-state index in [2.05, 4.69) is 10.1 Å². The smallest absolute Gasteiger partial charge is 0.305 e. The van der Waals surface area contributed by atoms with Gasteiger partial charge in [-0.3, -0.25) is 4.79 Å². The number of hydrogen-bond donors (Lipinski definition) is 1. The summed E-state index contributed by atoms with van der Waals surface area (Å²) in [6, 6.07) is 1.94. The number of furan rings is 1. The molecule has 1 N–H and O–H groups in total. The standard InChI is InChI=1S/C11H17NO3/c1-9-5-7-15-10(9)8-12-6-3-4-11(13)14-2/h5,7,12H,3-4,6,8H2,1-2H3. The van der Waals surface area contributed by atoms with Crippen molar-refractivity contribution < 1.29 is 13.9 Å². The minimum absolute atomic E-state index is 0.161. The van der Waals surface area contributed by atoms with E-state index in [1.807, 2.05) is 13.0 Å². The average molecular weight is 211 g/mol. The second kappa shape index (κ2) is 6.24. The first-order chi connectivity index (χ1) is 7.24. The Morgan fingerprint density at radius 2 is 2.40 bits per heavy atom. The molecule has 0 spiro atoms. The van der Waals surface area contributed by atoms with Crippen LogP contribution in [0, 0.1) is 6.92 Å². The van der Waals surface area contributed by atoms with Crippen molar-refractivity contribution in [2.75, 3.05) is 13.7 Å².